The molecule has 5 heteroatoms. The third-order valence-electron chi connectivity index (χ3n) is 1.82. The van der Waals surface area contributed by atoms with E-state index < -0.39 is 6.10 Å². The molecule has 4 nitrogen and oxygen atoms in total. The van der Waals surface area contributed by atoms with Gasteiger partial charge in [-0.1, -0.05) is 31.4 Å². The predicted molar refractivity (Wildman–Crippen MR) is 87.5 cm³/mol. The van der Waals surface area contributed by atoms with Crippen molar-refractivity contribution in [2.75, 3.05) is 46.4 Å². The van der Waals surface area contributed by atoms with E-state index in [0.717, 1.165) is 17.7 Å². The third-order valence-corrected chi connectivity index (χ3v) is 2.14. The number of hydrogen-bond acceptors (Lipinski definition) is 5. The van der Waals surface area contributed by atoms with E-state index in [9.17, 15) is 5.11 Å². The van der Waals surface area contributed by atoms with Crippen LogP contribution in [-0.2, 0) is 14.2 Å². The van der Waals surface area contributed by atoms with Gasteiger partial charge in [-0.25, -0.2) is 0 Å². The van der Waals surface area contributed by atoms with E-state index in [0.29, 0.717) is 19.8 Å². The van der Waals surface area contributed by atoms with Gasteiger partial charge in [-0.05, 0) is 17.7 Å². The summed E-state index contributed by atoms with van der Waals surface area (Å²) in [6, 6.07) is 0. The van der Waals surface area contributed by atoms with Gasteiger partial charge in [0, 0.05) is 20.8 Å². The Morgan fingerprint density at radius 3 is 2.45 bits per heavy atom. The summed E-state index contributed by atoms with van der Waals surface area (Å²) in [6.07, 6.45) is 5.59. The quantitative estimate of drug-likeness (QED) is 0.349. The number of methoxy groups -OCH3 is 1. The van der Waals surface area contributed by atoms with Crippen LogP contribution in [0.2, 0.25) is 0 Å². The van der Waals surface area contributed by atoms with Crippen LogP contribution in [0.3, 0.4) is 0 Å². The van der Waals surface area contributed by atoms with Gasteiger partial charge in [-0.15, -0.1) is 0 Å². The van der Waals surface area contributed by atoms with Crippen LogP contribution in [0.1, 0.15) is 6.42 Å². The van der Waals surface area contributed by atoms with Crippen molar-refractivity contribution in [2.24, 2.45) is 0 Å². The van der Waals surface area contributed by atoms with E-state index in [2.05, 4.69) is 30.5 Å². The molecule has 1 atom stereocenters. The van der Waals surface area contributed by atoms with Crippen molar-refractivity contribution in [3.8, 4) is 0 Å². The van der Waals surface area contributed by atoms with Crippen LogP contribution in [0.4, 0.5) is 0 Å². The number of ether oxygens (including phenoxy) is 3. The maximum atomic E-state index is 9.50. The number of thiol groups is 1. The molecule has 0 amide bonds. The second kappa shape index (κ2) is 18.4. The monoisotopic (exact) mass is 304 g/mol. The molecule has 0 aliphatic heterocycles. The molecular formula is C15H28O4S. The highest BCUT2D eigenvalue weighted by molar-refractivity contribution is 7.80. The Balaban J connectivity index is 0. The fraction of sp³-hybridized carbons (Fsp3) is 0.600. The summed E-state index contributed by atoms with van der Waals surface area (Å²) in [5.41, 5.74) is 0.841. The van der Waals surface area contributed by atoms with Gasteiger partial charge in [-0.3, -0.25) is 0 Å². The summed E-state index contributed by atoms with van der Waals surface area (Å²) in [7, 11) is 3.25. The Labute approximate surface area is 128 Å². The highest BCUT2D eigenvalue weighted by Crippen LogP contribution is 1.96. The zero-order chi connectivity index (χ0) is 15.6. The van der Waals surface area contributed by atoms with Gasteiger partial charge in [0.1, 0.15) is 6.10 Å². The standard InChI is InChI=1S/C13H22O3S.C2H6O/c1-3-4-6-12(2)9-16-11-13(14)10-15-7-5-8-17;1-3-2/h3-4,6,13-14,17H,1-2,5,7-11H2;1-2H3/b6-4-;. The first-order valence-electron chi connectivity index (χ1n) is 6.43. The third kappa shape index (κ3) is 19.7. The molecule has 20 heavy (non-hydrogen) atoms. The molecular weight excluding hydrogens is 276 g/mol. The summed E-state index contributed by atoms with van der Waals surface area (Å²) in [6.45, 7) is 8.92. The van der Waals surface area contributed by atoms with E-state index in [4.69, 9.17) is 9.47 Å². The molecule has 0 spiro atoms. The lowest BCUT2D eigenvalue weighted by Gasteiger charge is -2.11. The van der Waals surface area contributed by atoms with Crippen molar-refractivity contribution in [1.82, 2.24) is 0 Å². The van der Waals surface area contributed by atoms with Gasteiger partial charge >= 0.3 is 0 Å². The maximum Gasteiger partial charge on any atom is 0.101 e. The molecule has 0 aromatic rings. The normalized spacial score (nSPS) is 11.8. The molecule has 0 aromatic carbocycles. The van der Waals surface area contributed by atoms with Crippen LogP contribution in [0.5, 0.6) is 0 Å². The Bertz CT molecular complexity index is 254. The van der Waals surface area contributed by atoms with Crippen LogP contribution in [0.25, 0.3) is 0 Å². The molecule has 0 fully saturated rings. The fourth-order valence-electron chi connectivity index (χ4n) is 1.01. The van der Waals surface area contributed by atoms with E-state index in [1.54, 1.807) is 26.4 Å². The van der Waals surface area contributed by atoms with Gasteiger partial charge in [0.2, 0.25) is 0 Å². The minimum absolute atomic E-state index is 0.252. The van der Waals surface area contributed by atoms with Crippen molar-refractivity contribution >= 4 is 12.6 Å². The number of rotatable bonds is 11. The highest BCUT2D eigenvalue weighted by atomic mass is 32.1. The number of aliphatic hydroxyl groups excluding tert-OH is 1. The van der Waals surface area contributed by atoms with Crippen molar-refractivity contribution in [2.45, 2.75) is 12.5 Å². The Hall–Kier alpha value is -0.590. The lowest BCUT2D eigenvalue weighted by molar-refractivity contribution is -0.0134. The Morgan fingerprint density at radius 2 is 1.90 bits per heavy atom. The molecule has 1 unspecified atom stereocenters. The number of allylic oxidation sites excluding steroid dienone is 2. The summed E-state index contributed by atoms with van der Waals surface area (Å²) < 4.78 is 14.8. The van der Waals surface area contributed by atoms with E-state index in [1.807, 2.05) is 6.08 Å². The van der Waals surface area contributed by atoms with Crippen molar-refractivity contribution in [3.63, 3.8) is 0 Å². The van der Waals surface area contributed by atoms with Gasteiger partial charge in [0.25, 0.3) is 0 Å². The summed E-state index contributed by atoms with van der Waals surface area (Å²) in [5, 5.41) is 9.50. The average molecular weight is 304 g/mol. The largest absolute Gasteiger partial charge is 0.388 e. The zero-order valence-corrected chi connectivity index (χ0v) is 13.5. The van der Waals surface area contributed by atoms with Crippen molar-refractivity contribution in [1.29, 1.82) is 0 Å². The van der Waals surface area contributed by atoms with Crippen LogP contribution in [-0.4, -0.2) is 57.6 Å². The minimum atomic E-state index is -0.592. The fourth-order valence-corrected chi connectivity index (χ4v) is 1.14. The first kappa shape index (κ1) is 21.7. The Kier molecular flexibility index (Phi) is 20.0. The summed E-state index contributed by atoms with van der Waals surface area (Å²) in [4.78, 5) is 0. The van der Waals surface area contributed by atoms with Gasteiger partial charge in [0.15, 0.2) is 0 Å². The van der Waals surface area contributed by atoms with E-state index in [-0.39, 0.29) is 6.61 Å². The van der Waals surface area contributed by atoms with Crippen LogP contribution in [0, 0.1) is 0 Å². The predicted octanol–water partition coefficient (Wildman–Crippen LogP) is 2.26. The summed E-state index contributed by atoms with van der Waals surface area (Å²) in [5.74, 6) is 0.794. The smallest absolute Gasteiger partial charge is 0.101 e. The molecule has 1 N–H and O–H groups in total. The first-order chi connectivity index (χ1) is 9.62. The van der Waals surface area contributed by atoms with Crippen LogP contribution < -0.4 is 0 Å². The lowest BCUT2D eigenvalue weighted by atomic mass is 10.3. The van der Waals surface area contributed by atoms with Gasteiger partial charge in [0.05, 0.1) is 19.8 Å². The molecule has 0 saturated carbocycles. The zero-order valence-electron chi connectivity index (χ0n) is 12.6. The molecule has 0 heterocycles. The van der Waals surface area contributed by atoms with E-state index in [1.165, 1.54) is 0 Å². The molecule has 0 aliphatic rings. The van der Waals surface area contributed by atoms with Gasteiger partial charge < -0.3 is 19.3 Å². The highest BCUT2D eigenvalue weighted by Gasteiger charge is 2.04. The van der Waals surface area contributed by atoms with Crippen molar-refractivity contribution in [3.05, 3.63) is 37.0 Å². The molecule has 0 bridgehead atoms. The number of aliphatic hydroxyl groups is 1. The molecule has 118 valence electrons. The second-order valence-corrected chi connectivity index (χ2v) is 4.43. The molecule has 0 aromatic heterocycles. The second-order valence-electron chi connectivity index (χ2n) is 3.98. The number of hydrogen-bond donors (Lipinski definition) is 2. The van der Waals surface area contributed by atoms with Gasteiger partial charge in [-0.2, -0.15) is 12.6 Å². The average Bonchev–Trinajstić information content (AvgIpc) is 2.42. The van der Waals surface area contributed by atoms with Crippen LogP contribution >= 0.6 is 12.6 Å². The Morgan fingerprint density at radius 1 is 1.30 bits per heavy atom. The minimum Gasteiger partial charge on any atom is -0.388 e. The first-order valence-corrected chi connectivity index (χ1v) is 7.07. The maximum absolute atomic E-state index is 9.50. The molecule has 0 radical (unpaired) electrons. The SMILES string of the molecule is C=C/C=C\C(=C)COCC(O)COCCCS.COC. The van der Waals surface area contributed by atoms with E-state index >= 15 is 0 Å². The van der Waals surface area contributed by atoms with Crippen molar-refractivity contribution < 1.29 is 19.3 Å². The molecule has 0 rings (SSSR count). The summed E-state index contributed by atoms with van der Waals surface area (Å²) >= 11 is 4.06. The lowest BCUT2D eigenvalue weighted by Crippen LogP contribution is -2.22. The molecule has 0 saturated heterocycles. The molecule has 0 aliphatic carbocycles. The van der Waals surface area contributed by atoms with Crippen LogP contribution in [0.15, 0.2) is 37.0 Å². The topological polar surface area (TPSA) is 47.9 Å².